The summed E-state index contributed by atoms with van der Waals surface area (Å²) in [5.41, 5.74) is 6.00. The first-order valence-electron chi connectivity index (χ1n) is 7.40. The number of ether oxygens (including phenoxy) is 1. The fraction of sp³-hybridized carbons (Fsp3) is 0.333. The maximum atomic E-state index is 12.0. The Labute approximate surface area is 150 Å². The second-order valence-corrected chi connectivity index (χ2v) is 5.06. The zero-order valence-corrected chi connectivity index (χ0v) is 14.5. The van der Waals surface area contributed by atoms with E-state index >= 15 is 0 Å². The number of carbonyl (C=O) groups is 1. The van der Waals surface area contributed by atoms with Crippen molar-refractivity contribution in [2.45, 2.75) is 19.9 Å². The molecule has 2 rings (SSSR count). The van der Waals surface area contributed by atoms with Crippen LogP contribution in [0.15, 0.2) is 30.5 Å². The first kappa shape index (κ1) is 20.4. The van der Waals surface area contributed by atoms with E-state index in [0.717, 1.165) is 0 Å². The molecule has 0 aliphatic rings. The average molecular weight is 370 g/mol. The Hall–Kier alpha value is -2.65. The van der Waals surface area contributed by atoms with Gasteiger partial charge >= 0.3 is 5.82 Å². The molecule has 25 heavy (non-hydrogen) atoms. The molecule has 2 aromatic rings. The topological polar surface area (TPSA) is 125 Å². The van der Waals surface area contributed by atoms with Gasteiger partial charge < -0.3 is 30.5 Å². The zero-order valence-electron chi connectivity index (χ0n) is 13.7. The summed E-state index contributed by atoms with van der Waals surface area (Å²) < 4.78 is 6.94. The maximum Gasteiger partial charge on any atom is 0.381 e. The van der Waals surface area contributed by atoms with Crippen LogP contribution in [0.1, 0.15) is 12.2 Å². The predicted molar refractivity (Wildman–Crippen MR) is 95.1 cm³/mol. The van der Waals surface area contributed by atoms with E-state index in [-0.39, 0.29) is 30.6 Å². The molecule has 0 aliphatic carbocycles. The minimum absolute atomic E-state index is 0. The number of nitrogens with zero attached hydrogens (tertiary/aromatic N) is 3. The lowest BCUT2D eigenvalue weighted by Gasteiger charge is -2.08. The summed E-state index contributed by atoms with van der Waals surface area (Å²) >= 11 is 0. The van der Waals surface area contributed by atoms with Gasteiger partial charge in [0.1, 0.15) is 18.6 Å². The van der Waals surface area contributed by atoms with Crippen LogP contribution in [-0.2, 0) is 11.3 Å². The molecule has 0 spiro atoms. The van der Waals surface area contributed by atoms with Crippen LogP contribution in [0.4, 0.5) is 11.5 Å². The minimum Gasteiger partial charge on any atom is -0.492 e. The van der Waals surface area contributed by atoms with Crippen LogP contribution < -0.4 is 15.8 Å². The predicted octanol–water partition coefficient (Wildman–Crippen LogP) is 1.89. The highest BCUT2D eigenvalue weighted by molar-refractivity contribution is 5.90. The number of amides is 1. The van der Waals surface area contributed by atoms with Crippen molar-refractivity contribution in [1.82, 2.24) is 9.55 Å². The number of nitrogens with two attached hydrogens (primary N) is 1. The van der Waals surface area contributed by atoms with Crippen molar-refractivity contribution in [2.24, 2.45) is 5.73 Å². The number of rotatable bonds is 8. The van der Waals surface area contributed by atoms with Crippen molar-refractivity contribution >= 4 is 29.8 Å². The molecular weight excluding hydrogens is 350 g/mol. The van der Waals surface area contributed by atoms with Crippen LogP contribution in [0.3, 0.4) is 0 Å². The summed E-state index contributed by atoms with van der Waals surface area (Å²) in [5, 5.41) is 13.4. The highest BCUT2D eigenvalue weighted by Gasteiger charge is 2.15. The number of aryl methyl sites for hydroxylation is 2. The number of aromatic nitrogens is 2. The summed E-state index contributed by atoms with van der Waals surface area (Å²) in [5.74, 6) is 0.762. The molecule has 0 unspecified atom stereocenters. The molecule has 0 fully saturated rings. The minimum atomic E-state index is -0.558. The summed E-state index contributed by atoms with van der Waals surface area (Å²) in [7, 11) is 0. The van der Waals surface area contributed by atoms with Crippen molar-refractivity contribution in [3.8, 4) is 5.75 Å². The average Bonchev–Trinajstić information content (AvgIpc) is 2.93. The summed E-state index contributed by atoms with van der Waals surface area (Å²) in [6.07, 6.45) is 1.51. The van der Waals surface area contributed by atoms with Gasteiger partial charge in [0.2, 0.25) is 11.7 Å². The van der Waals surface area contributed by atoms with E-state index in [1.54, 1.807) is 35.8 Å². The maximum absolute atomic E-state index is 12.0. The first-order chi connectivity index (χ1) is 11.5. The Balaban J connectivity index is 0.00000312. The van der Waals surface area contributed by atoms with E-state index in [9.17, 15) is 14.9 Å². The van der Waals surface area contributed by atoms with E-state index in [0.29, 0.717) is 37.0 Å². The molecular formula is C15H20ClN5O4. The quantitative estimate of drug-likeness (QED) is 0.540. The van der Waals surface area contributed by atoms with Crippen molar-refractivity contribution in [3.05, 3.63) is 46.4 Å². The highest BCUT2D eigenvalue weighted by atomic mass is 35.5. The number of imidazole rings is 1. The fourth-order valence-corrected chi connectivity index (χ4v) is 2.06. The van der Waals surface area contributed by atoms with Crippen LogP contribution in [0, 0.1) is 17.0 Å². The van der Waals surface area contributed by atoms with Gasteiger partial charge in [-0.15, -0.1) is 12.4 Å². The van der Waals surface area contributed by atoms with E-state index in [1.807, 2.05) is 0 Å². The lowest BCUT2D eigenvalue weighted by Crippen LogP contribution is -2.15. The Morgan fingerprint density at radius 2 is 2.08 bits per heavy atom. The number of anilines is 1. The van der Waals surface area contributed by atoms with Crippen LogP contribution in [0.25, 0.3) is 0 Å². The molecule has 1 heterocycles. The van der Waals surface area contributed by atoms with Crippen molar-refractivity contribution in [1.29, 1.82) is 0 Å². The van der Waals surface area contributed by atoms with Gasteiger partial charge in [0.15, 0.2) is 0 Å². The Kier molecular flexibility index (Phi) is 7.83. The summed E-state index contributed by atoms with van der Waals surface area (Å²) in [6, 6.07) is 6.96. The molecule has 0 radical (unpaired) electrons. The third kappa shape index (κ3) is 6.05. The molecule has 1 aromatic carbocycles. The molecule has 0 aliphatic heterocycles. The van der Waals surface area contributed by atoms with Crippen LogP contribution in [-0.4, -0.2) is 33.5 Å². The van der Waals surface area contributed by atoms with E-state index < -0.39 is 4.92 Å². The molecule has 0 bridgehead atoms. The summed E-state index contributed by atoms with van der Waals surface area (Å²) in [4.78, 5) is 25.9. The zero-order chi connectivity index (χ0) is 17.5. The first-order valence-corrected chi connectivity index (χ1v) is 7.40. The fourth-order valence-electron chi connectivity index (χ4n) is 2.06. The largest absolute Gasteiger partial charge is 0.492 e. The van der Waals surface area contributed by atoms with E-state index in [4.69, 9.17) is 10.5 Å². The standard InChI is InChI=1S/C15H19N5O4.ClH/c1-11-17-14(20(22)23)10-19(11)8-6-15(21)18-12-2-4-13(5-3-12)24-9-7-16;/h2-5,10H,6-9,16H2,1H3,(H,18,21);1H. The number of nitro groups is 1. The molecule has 3 N–H and O–H groups in total. The van der Waals surface area contributed by atoms with Gasteiger partial charge in [-0.3, -0.25) is 4.79 Å². The molecule has 0 atom stereocenters. The Morgan fingerprint density at radius 3 is 2.64 bits per heavy atom. The van der Waals surface area contributed by atoms with E-state index in [2.05, 4.69) is 10.3 Å². The van der Waals surface area contributed by atoms with Crippen molar-refractivity contribution in [2.75, 3.05) is 18.5 Å². The second-order valence-electron chi connectivity index (χ2n) is 5.06. The molecule has 0 saturated heterocycles. The molecule has 1 aromatic heterocycles. The number of hydrogen-bond acceptors (Lipinski definition) is 6. The third-order valence-electron chi connectivity index (χ3n) is 3.25. The molecule has 9 nitrogen and oxygen atoms in total. The van der Waals surface area contributed by atoms with Gasteiger partial charge in [-0.1, -0.05) is 0 Å². The number of carbonyl (C=O) groups excluding carboxylic acids is 1. The monoisotopic (exact) mass is 369 g/mol. The van der Waals surface area contributed by atoms with Gasteiger partial charge in [-0.2, -0.15) is 0 Å². The number of halogens is 1. The molecule has 1 amide bonds. The summed E-state index contributed by atoms with van der Waals surface area (Å²) in [6.45, 7) is 2.84. The normalized spacial score (nSPS) is 10.0. The number of nitrogens with one attached hydrogen (secondary N) is 1. The van der Waals surface area contributed by atoms with Gasteiger partial charge in [0.25, 0.3) is 0 Å². The van der Waals surface area contributed by atoms with Crippen LogP contribution in [0.2, 0.25) is 0 Å². The Bertz CT molecular complexity index is 717. The second kappa shape index (κ2) is 9.60. The lowest BCUT2D eigenvalue weighted by molar-refractivity contribution is -0.389. The lowest BCUT2D eigenvalue weighted by atomic mass is 10.3. The smallest absolute Gasteiger partial charge is 0.381 e. The van der Waals surface area contributed by atoms with Crippen LogP contribution in [0.5, 0.6) is 5.75 Å². The molecule has 136 valence electrons. The van der Waals surface area contributed by atoms with Gasteiger partial charge in [0, 0.05) is 32.1 Å². The van der Waals surface area contributed by atoms with Crippen molar-refractivity contribution < 1.29 is 14.5 Å². The highest BCUT2D eigenvalue weighted by Crippen LogP contribution is 2.16. The van der Waals surface area contributed by atoms with Crippen LogP contribution >= 0.6 is 12.4 Å². The van der Waals surface area contributed by atoms with Gasteiger partial charge in [0.05, 0.1) is 0 Å². The Morgan fingerprint density at radius 1 is 1.40 bits per heavy atom. The third-order valence-corrected chi connectivity index (χ3v) is 3.25. The van der Waals surface area contributed by atoms with Gasteiger partial charge in [-0.05, 0) is 34.2 Å². The van der Waals surface area contributed by atoms with E-state index in [1.165, 1.54) is 6.20 Å². The molecule has 10 heteroatoms. The van der Waals surface area contributed by atoms with Crippen molar-refractivity contribution in [3.63, 3.8) is 0 Å². The SMILES string of the molecule is Cc1nc([N+](=O)[O-])cn1CCC(=O)Nc1ccc(OCCN)cc1.Cl. The van der Waals surface area contributed by atoms with Gasteiger partial charge in [-0.25, -0.2) is 0 Å². The molecule has 0 saturated carbocycles. The number of benzene rings is 1. The number of hydrogen-bond donors (Lipinski definition) is 2.